The standard InChI is InChI=1S/C13H9BrF2N2S/c14-7-1-2-8(15)10(11(7)16)13-3-6(13)9-4-17-12(19)18(9)5-13/h1-2,4,6H,3,5H2,(H,17,19)/t6?,13-/m0/s1. The molecular weight excluding hydrogens is 334 g/mol. The lowest BCUT2D eigenvalue weighted by atomic mass is 9.93. The number of hydrogen-bond acceptors (Lipinski definition) is 1. The van der Waals surface area contributed by atoms with Crippen molar-refractivity contribution in [2.75, 3.05) is 0 Å². The van der Waals surface area contributed by atoms with E-state index in [2.05, 4.69) is 20.9 Å². The minimum atomic E-state index is -0.483. The van der Waals surface area contributed by atoms with E-state index in [1.54, 1.807) is 0 Å². The van der Waals surface area contributed by atoms with E-state index in [1.807, 2.05) is 10.8 Å². The summed E-state index contributed by atoms with van der Waals surface area (Å²) in [5.41, 5.74) is 0.810. The molecule has 2 heterocycles. The van der Waals surface area contributed by atoms with Crippen molar-refractivity contribution in [3.05, 3.63) is 50.5 Å². The number of rotatable bonds is 1. The van der Waals surface area contributed by atoms with Crippen molar-refractivity contribution in [3.63, 3.8) is 0 Å². The van der Waals surface area contributed by atoms with Gasteiger partial charge in [0, 0.05) is 35.3 Å². The molecule has 1 fully saturated rings. The molecule has 1 saturated carbocycles. The second kappa shape index (κ2) is 3.55. The summed E-state index contributed by atoms with van der Waals surface area (Å²) in [5.74, 6) is -0.786. The number of fused-ring (bicyclic) bond motifs is 3. The highest BCUT2D eigenvalue weighted by molar-refractivity contribution is 9.10. The maximum atomic E-state index is 14.3. The third-order valence-corrected chi connectivity index (χ3v) is 5.27. The van der Waals surface area contributed by atoms with Crippen molar-refractivity contribution in [1.82, 2.24) is 9.55 Å². The minimum Gasteiger partial charge on any atom is -0.337 e. The van der Waals surface area contributed by atoms with Crippen LogP contribution in [0.2, 0.25) is 0 Å². The lowest BCUT2D eigenvalue weighted by molar-refractivity contribution is 0.484. The predicted octanol–water partition coefficient (Wildman–Crippen LogP) is 4.03. The Morgan fingerprint density at radius 2 is 2.21 bits per heavy atom. The maximum absolute atomic E-state index is 14.3. The van der Waals surface area contributed by atoms with E-state index in [4.69, 9.17) is 12.2 Å². The second-order valence-corrected chi connectivity index (χ2v) is 6.48. The zero-order valence-electron chi connectivity index (χ0n) is 9.71. The maximum Gasteiger partial charge on any atom is 0.177 e. The zero-order chi connectivity index (χ0) is 13.4. The molecule has 1 aliphatic heterocycles. The summed E-state index contributed by atoms with van der Waals surface area (Å²) in [4.78, 5) is 2.99. The molecule has 1 aromatic heterocycles. The number of benzene rings is 1. The third kappa shape index (κ3) is 1.36. The van der Waals surface area contributed by atoms with Gasteiger partial charge in [0.1, 0.15) is 11.6 Å². The Kier molecular flexibility index (Phi) is 2.20. The van der Waals surface area contributed by atoms with E-state index in [0.29, 0.717) is 15.8 Å². The van der Waals surface area contributed by atoms with E-state index < -0.39 is 17.0 Å². The molecule has 2 aromatic rings. The van der Waals surface area contributed by atoms with Gasteiger partial charge in [-0.15, -0.1) is 0 Å². The first-order valence-electron chi connectivity index (χ1n) is 5.97. The zero-order valence-corrected chi connectivity index (χ0v) is 12.1. The molecule has 0 saturated heterocycles. The third-order valence-electron chi connectivity index (χ3n) is 4.31. The van der Waals surface area contributed by atoms with Gasteiger partial charge in [0.15, 0.2) is 4.77 Å². The average Bonchev–Trinajstić information content (AvgIpc) is 2.83. The second-order valence-electron chi connectivity index (χ2n) is 5.24. The number of nitrogens with zero attached hydrogens (tertiary/aromatic N) is 1. The van der Waals surface area contributed by atoms with Crippen LogP contribution in [0.4, 0.5) is 8.78 Å². The van der Waals surface area contributed by atoms with E-state index in [1.165, 1.54) is 12.1 Å². The summed E-state index contributed by atoms with van der Waals surface area (Å²) in [6.07, 6.45) is 2.64. The highest BCUT2D eigenvalue weighted by atomic mass is 79.9. The van der Waals surface area contributed by atoms with Gasteiger partial charge in [-0.3, -0.25) is 0 Å². The summed E-state index contributed by atoms with van der Waals surface area (Å²) in [5, 5.41) is 0. The van der Waals surface area contributed by atoms with Crippen LogP contribution in [0, 0.1) is 16.4 Å². The van der Waals surface area contributed by atoms with Crippen LogP contribution in [0.15, 0.2) is 22.8 Å². The average molecular weight is 343 g/mol. The molecular formula is C13H9BrF2N2S. The molecule has 2 aliphatic rings. The van der Waals surface area contributed by atoms with Gasteiger partial charge in [-0.2, -0.15) is 0 Å². The largest absolute Gasteiger partial charge is 0.337 e. The normalized spacial score (nSPS) is 27.2. The molecule has 2 nitrogen and oxygen atoms in total. The van der Waals surface area contributed by atoms with Gasteiger partial charge < -0.3 is 9.55 Å². The number of H-pyrrole nitrogens is 1. The van der Waals surface area contributed by atoms with Crippen LogP contribution >= 0.6 is 28.1 Å². The van der Waals surface area contributed by atoms with E-state index in [-0.39, 0.29) is 11.5 Å². The van der Waals surface area contributed by atoms with Crippen molar-refractivity contribution in [2.24, 2.45) is 0 Å². The topological polar surface area (TPSA) is 20.7 Å². The molecule has 0 radical (unpaired) electrons. The van der Waals surface area contributed by atoms with Crippen molar-refractivity contribution in [1.29, 1.82) is 0 Å². The number of nitrogens with one attached hydrogen (secondary N) is 1. The first kappa shape index (κ1) is 11.8. The van der Waals surface area contributed by atoms with Crippen LogP contribution in [-0.4, -0.2) is 9.55 Å². The Morgan fingerprint density at radius 1 is 1.42 bits per heavy atom. The van der Waals surface area contributed by atoms with Gasteiger partial charge in [0.2, 0.25) is 0 Å². The smallest absolute Gasteiger partial charge is 0.177 e. The fourth-order valence-corrected chi connectivity index (χ4v) is 3.91. The van der Waals surface area contributed by atoms with E-state index >= 15 is 0 Å². The summed E-state index contributed by atoms with van der Waals surface area (Å²) < 4.78 is 31.2. The Balaban J connectivity index is 1.90. The van der Waals surface area contributed by atoms with E-state index in [0.717, 1.165) is 12.1 Å². The molecule has 6 heteroatoms. The highest BCUT2D eigenvalue weighted by Gasteiger charge is 2.63. The lowest BCUT2D eigenvalue weighted by Gasteiger charge is -2.16. The fourth-order valence-electron chi connectivity index (χ4n) is 3.35. The van der Waals surface area contributed by atoms with Crippen LogP contribution in [0.3, 0.4) is 0 Å². The van der Waals surface area contributed by atoms with Crippen molar-refractivity contribution in [2.45, 2.75) is 24.3 Å². The molecule has 1 aliphatic carbocycles. The van der Waals surface area contributed by atoms with Crippen LogP contribution in [0.1, 0.15) is 23.6 Å². The Hall–Kier alpha value is -1.01. The van der Waals surface area contributed by atoms with Crippen molar-refractivity contribution < 1.29 is 8.78 Å². The minimum absolute atomic E-state index is 0.166. The van der Waals surface area contributed by atoms with Crippen LogP contribution < -0.4 is 0 Å². The van der Waals surface area contributed by atoms with Crippen molar-refractivity contribution >= 4 is 28.1 Å². The Bertz CT molecular complexity index is 766. The van der Waals surface area contributed by atoms with Gasteiger partial charge in [-0.05, 0) is 46.7 Å². The molecule has 2 atom stereocenters. The summed E-state index contributed by atoms with van der Waals surface area (Å²) in [7, 11) is 0. The van der Waals surface area contributed by atoms with Gasteiger partial charge in [-0.25, -0.2) is 8.78 Å². The summed E-state index contributed by atoms with van der Waals surface area (Å²) in [6.45, 7) is 0.555. The first-order valence-corrected chi connectivity index (χ1v) is 7.17. The highest BCUT2D eigenvalue weighted by Crippen LogP contribution is 2.66. The molecule has 98 valence electrons. The van der Waals surface area contributed by atoms with Gasteiger partial charge in [-0.1, -0.05) is 0 Å². The monoisotopic (exact) mass is 342 g/mol. The SMILES string of the molecule is Fc1ccc(Br)c(F)c1[C@]12CC1c1c[nH]c(=S)n1C2. The molecule has 0 spiro atoms. The molecule has 0 amide bonds. The molecule has 0 bridgehead atoms. The number of aromatic amines is 1. The van der Waals surface area contributed by atoms with Crippen LogP contribution in [0.25, 0.3) is 0 Å². The van der Waals surface area contributed by atoms with Crippen LogP contribution in [-0.2, 0) is 12.0 Å². The Morgan fingerprint density at radius 3 is 2.95 bits per heavy atom. The Labute approximate surface area is 121 Å². The first-order chi connectivity index (χ1) is 9.04. The molecule has 1 N–H and O–H groups in total. The molecule has 1 aromatic carbocycles. The molecule has 4 rings (SSSR count). The van der Waals surface area contributed by atoms with Crippen LogP contribution in [0.5, 0.6) is 0 Å². The number of hydrogen-bond donors (Lipinski definition) is 1. The molecule has 19 heavy (non-hydrogen) atoms. The fraction of sp³-hybridized carbons (Fsp3) is 0.308. The van der Waals surface area contributed by atoms with Crippen molar-refractivity contribution in [3.8, 4) is 0 Å². The lowest BCUT2D eigenvalue weighted by Crippen LogP contribution is -2.17. The van der Waals surface area contributed by atoms with Gasteiger partial charge in [0.25, 0.3) is 0 Å². The number of aromatic nitrogens is 2. The molecule has 1 unspecified atom stereocenters. The van der Waals surface area contributed by atoms with Gasteiger partial charge >= 0.3 is 0 Å². The summed E-state index contributed by atoms with van der Waals surface area (Å²) >= 11 is 8.32. The number of imidazole rings is 1. The summed E-state index contributed by atoms with van der Waals surface area (Å²) in [6, 6.07) is 2.73. The quantitative estimate of drug-likeness (QED) is 0.613. The number of halogens is 3. The predicted molar refractivity (Wildman–Crippen MR) is 72.7 cm³/mol. The van der Waals surface area contributed by atoms with E-state index in [9.17, 15) is 8.78 Å². The van der Waals surface area contributed by atoms with Gasteiger partial charge in [0.05, 0.1) is 4.47 Å².